The summed E-state index contributed by atoms with van der Waals surface area (Å²) >= 11 is 0. The van der Waals surface area contributed by atoms with E-state index in [9.17, 15) is 13.2 Å². The van der Waals surface area contributed by atoms with Crippen LogP contribution in [0.15, 0.2) is 12.4 Å². The largest absolute Gasteiger partial charge is 0.477 e. The van der Waals surface area contributed by atoms with Gasteiger partial charge in [0, 0.05) is 6.07 Å². The zero-order valence-electron chi connectivity index (χ0n) is 7.58. The van der Waals surface area contributed by atoms with Gasteiger partial charge in [0.2, 0.25) is 5.88 Å². The molecule has 1 rings (SSSR count). The van der Waals surface area contributed by atoms with Gasteiger partial charge in [0.25, 0.3) is 0 Å². The number of nitrogen functional groups attached to an aromatic ring is 1. The lowest BCUT2D eigenvalue weighted by molar-refractivity contribution is -0.139. The first kappa shape index (κ1) is 11.5. The van der Waals surface area contributed by atoms with Crippen molar-refractivity contribution in [3.8, 4) is 5.88 Å². The van der Waals surface area contributed by atoms with Crippen molar-refractivity contribution in [2.75, 3.05) is 12.0 Å². The lowest BCUT2D eigenvalue weighted by Gasteiger charge is -2.08. The van der Waals surface area contributed by atoms with Gasteiger partial charge in [-0.2, -0.15) is 13.2 Å². The van der Waals surface area contributed by atoms with Crippen LogP contribution in [0.5, 0.6) is 5.88 Å². The quantitative estimate of drug-likeness (QED) is 0.589. The molecule has 84 valence electrons. The van der Waals surface area contributed by atoms with E-state index in [4.69, 9.17) is 10.6 Å². The minimum atomic E-state index is -4.23. The van der Waals surface area contributed by atoms with Crippen LogP contribution < -0.4 is 16.0 Å². The molecule has 0 aliphatic heterocycles. The topological polar surface area (TPSA) is 73.1 Å². The molecule has 1 heterocycles. The Labute approximate surface area is 83.4 Å². The smallest absolute Gasteiger partial charge is 0.392 e. The normalized spacial score (nSPS) is 11.2. The first-order valence-electron chi connectivity index (χ1n) is 3.99. The van der Waals surface area contributed by atoms with E-state index >= 15 is 0 Å². The van der Waals surface area contributed by atoms with Gasteiger partial charge in [-0.25, -0.2) is 15.8 Å². The molecule has 0 aromatic carbocycles. The number of nitrogens with zero attached hydrogens (tertiary/aromatic N) is 2. The molecule has 15 heavy (non-hydrogen) atoms. The van der Waals surface area contributed by atoms with Gasteiger partial charge in [0.15, 0.2) is 0 Å². The molecular weight excluding hydrogens is 213 g/mol. The highest BCUT2D eigenvalue weighted by Gasteiger charge is 2.26. The average molecular weight is 222 g/mol. The average Bonchev–Trinajstić information content (AvgIpc) is 2.16. The third-order valence-corrected chi connectivity index (χ3v) is 1.43. The molecule has 1 aromatic rings. The van der Waals surface area contributed by atoms with Crippen molar-refractivity contribution >= 4 is 5.82 Å². The van der Waals surface area contributed by atoms with E-state index in [0.29, 0.717) is 0 Å². The molecule has 3 N–H and O–H groups in total. The highest BCUT2D eigenvalue weighted by atomic mass is 19.4. The predicted octanol–water partition coefficient (Wildman–Crippen LogP) is 1.09. The first-order chi connectivity index (χ1) is 7.01. The zero-order valence-corrected chi connectivity index (χ0v) is 7.58. The van der Waals surface area contributed by atoms with E-state index in [2.05, 4.69) is 15.4 Å². The van der Waals surface area contributed by atoms with Crippen molar-refractivity contribution in [2.24, 2.45) is 5.84 Å². The summed E-state index contributed by atoms with van der Waals surface area (Å²) in [5.41, 5.74) is 2.22. The Kier molecular flexibility index (Phi) is 3.67. The Balaban J connectivity index is 2.44. The van der Waals surface area contributed by atoms with Crippen LogP contribution in [0.25, 0.3) is 0 Å². The Morgan fingerprint density at radius 3 is 2.73 bits per heavy atom. The van der Waals surface area contributed by atoms with Gasteiger partial charge in [-0.15, -0.1) is 0 Å². The molecule has 0 spiro atoms. The fourth-order valence-electron chi connectivity index (χ4n) is 0.769. The summed E-state index contributed by atoms with van der Waals surface area (Å²) in [6, 6.07) is 1.30. The SMILES string of the molecule is NNc1cc(OCCC(F)(F)F)ncn1. The molecular formula is C7H9F3N4O. The lowest BCUT2D eigenvalue weighted by atomic mass is 10.4. The number of nitrogens with two attached hydrogens (primary N) is 1. The van der Waals surface area contributed by atoms with Crippen molar-refractivity contribution in [3.05, 3.63) is 12.4 Å². The van der Waals surface area contributed by atoms with E-state index in [1.165, 1.54) is 6.07 Å². The van der Waals surface area contributed by atoms with Crippen molar-refractivity contribution < 1.29 is 17.9 Å². The van der Waals surface area contributed by atoms with Crippen molar-refractivity contribution in [3.63, 3.8) is 0 Å². The highest BCUT2D eigenvalue weighted by Crippen LogP contribution is 2.19. The maximum atomic E-state index is 11.8. The summed E-state index contributed by atoms with van der Waals surface area (Å²) in [6.45, 7) is -0.482. The monoisotopic (exact) mass is 222 g/mol. The van der Waals surface area contributed by atoms with Crippen molar-refractivity contribution in [1.82, 2.24) is 9.97 Å². The number of anilines is 1. The summed E-state index contributed by atoms with van der Waals surface area (Å²) in [5, 5.41) is 0. The van der Waals surface area contributed by atoms with Crippen LogP contribution in [0.4, 0.5) is 19.0 Å². The van der Waals surface area contributed by atoms with Crippen LogP contribution in [0.1, 0.15) is 6.42 Å². The third kappa shape index (κ3) is 4.45. The highest BCUT2D eigenvalue weighted by molar-refractivity contribution is 5.35. The summed E-state index contributed by atoms with van der Waals surface area (Å²) in [4.78, 5) is 7.28. The molecule has 0 amide bonds. The second kappa shape index (κ2) is 4.78. The zero-order chi connectivity index (χ0) is 11.3. The summed E-state index contributed by atoms with van der Waals surface area (Å²) in [7, 11) is 0. The van der Waals surface area contributed by atoms with E-state index in [1.807, 2.05) is 0 Å². The molecule has 0 bridgehead atoms. The third-order valence-electron chi connectivity index (χ3n) is 1.43. The number of hydrogen-bond acceptors (Lipinski definition) is 5. The molecule has 0 atom stereocenters. The van der Waals surface area contributed by atoms with Crippen LogP contribution in [-0.2, 0) is 0 Å². The molecule has 0 saturated carbocycles. The second-order valence-electron chi connectivity index (χ2n) is 2.60. The van der Waals surface area contributed by atoms with Gasteiger partial charge in [0.05, 0.1) is 13.0 Å². The van der Waals surface area contributed by atoms with Gasteiger partial charge in [-0.1, -0.05) is 0 Å². The van der Waals surface area contributed by atoms with Gasteiger partial charge >= 0.3 is 6.18 Å². The lowest BCUT2D eigenvalue weighted by Crippen LogP contribution is -2.14. The van der Waals surface area contributed by atoms with Crippen LogP contribution in [0, 0.1) is 0 Å². The van der Waals surface area contributed by atoms with Crippen LogP contribution in [0.2, 0.25) is 0 Å². The Morgan fingerprint density at radius 2 is 2.13 bits per heavy atom. The molecule has 0 saturated heterocycles. The van der Waals surface area contributed by atoms with E-state index in [0.717, 1.165) is 6.33 Å². The van der Waals surface area contributed by atoms with Crippen LogP contribution in [-0.4, -0.2) is 22.8 Å². The summed E-state index contributed by atoms with van der Waals surface area (Å²) in [5.74, 6) is 5.35. The van der Waals surface area contributed by atoms with Crippen molar-refractivity contribution in [2.45, 2.75) is 12.6 Å². The molecule has 1 aromatic heterocycles. The van der Waals surface area contributed by atoms with Gasteiger partial charge in [-0.3, -0.25) is 0 Å². The molecule has 0 aliphatic rings. The summed E-state index contributed by atoms with van der Waals surface area (Å²) in [6.07, 6.45) is -4.12. The molecule has 0 radical (unpaired) electrons. The maximum absolute atomic E-state index is 11.8. The van der Waals surface area contributed by atoms with E-state index in [1.54, 1.807) is 0 Å². The number of ether oxygens (including phenoxy) is 1. The molecule has 0 unspecified atom stereocenters. The van der Waals surface area contributed by atoms with Gasteiger partial charge in [-0.05, 0) is 0 Å². The predicted molar refractivity (Wildman–Crippen MR) is 46.0 cm³/mol. The number of nitrogens with one attached hydrogen (secondary N) is 1. The molecule has 8 heteroatoms. The maximum Gasteiger partial charge on any atom is 0.392 e. The van der Waals surface area contributed by atoms with Crippen LogP contribution >= 0.6 is 0 Å². The Hall–Kier alpha value is -1.57. The number of hydrazine groups is 1. The standard InChI is InChI=1S/C7H9F3N4O/c8-7(9,10)1-2-15-6-3-5(14-11)12-4-13-6/h3-4H,1-2,11H2,(H,12,13,14). The molecule has 0 fully saturated rings. The number of rotatable bonds is 4. The fourth-order valence-corrected chi connectivity index (χ4v) is 0.769. The van der Waals surface area contributed by atoms with Crippen molar-refractivity contribution in [1.29, 1.82) is 0 Å². The van der Waals surface area contributed by atoms with Gasteiger partial charge < -0.3 is 10.2 Å². The second-order valence-corrected chi connectivity index (χ2v) is 2.60. The van der Waals surface area contributed by atoms with Crippen LogP contribution in [0.3, 0.4) is 0 Å². The minimum Gasteiger partial charge on any atom is -0.477 e. The number of aromatic nitrogens is 2. The summed E-state index contributed by atoms with van der Waals surface area (Å²) < 4.78 is 40.0. The first-order valence-corrected chi connectivity index (χ1v) is 3.99. The van der Waals surface area contributed by atoms with E-state index < -0.39 is 19.2 Å². The van der Waals surface area contributed by atoms with Gasteiger partial charge in [0.1, 0.15) is 12.1 Å². The fraction of sp³-hybridized carbons (Fsp3) is 0.429. The molecule has 5 nitrogen and oxygen atoms in total. The number of halogens is 3. The Morgan fingerprint density at radius 1 is 1.40 bits per heavy atom. The Bertz CT molecular complexity index is 317. The minimum absolute atomic E-state index is 0.0437. The molecule has 0 aliphatic carbocycles. The van der Waals surface area contributed by atoms with E-state index in [-0.39, 0.29) is 11.7 Å². The number of alkyl halides is 3. The number of hydrogen-bond donors (Lipinski definition) is 2.